The second kappa shape index (κ2) is 7.30. The van der Waals surface area contributed by atoms with E-state index in [9.17, 15) is 13.2 Å². The number of hydrogen-bond donors (Lipinski definition) is 1. The molecule has 1 atom stereocenters. The van der Waals surface area contributed by atoms with Gasteiger partial charge in [0.2, 0.25) is 10.0 Å². The molecule has 3 aromatic rings. The van der Waals surface area contributed by atoms with Gasteiger partial charge in [-0.15, -0.1) is 0 Å². The summed E-state index contributed by atoms with van der Waals surface area (Å²) < 4.78 is 38.8. The number of rotatable bonds is 6. The van der Waals surface area contributed by atoms with Crippen LogP contribution in [0.15, 0.2) is 67.3 Å². The molecule has 0 bridgehead atoms. The van der Waals surface area contributed by atoms with E-state index in [4.69, 9.17) is 8.83 Å². The number of furan rings is 1. The fourth-order valence-electron chi connectivity index (χ4n) is 3.43. The minimum absolute atomic E-state index is 0.128. The van der Waals surface area contributed by atoms with Gasteiger partial charge in [-0.25, -0.2) is 17.9 Å². The Hall–Kier alpha value is -2.42. The average molecular weight is 388 g/mol. The third kappa shape index (κ3) is 3.83. The number of fused-ring (bicyclic) bond motifs is 1. The molecule has 0 radical (unpaired) electrons. The zero-order valence-electron chi connectivity index (χ0n) is 14.6. The Morgan fingerprint density at radius 1 is 1.11 bits per heavy atom. The summed E-state index contributed by atoms with van der Waals surface area (Å²) in [5.74, 6) is 0.750. The summed E-state index contributed by atoms with van der Waals surface area (Å²) in [5.41, 5.74) is -0.116. The van der Waals surface area contributed by atoms with Crippen LogP contribution in [-0.4, -0.2) is 33.0 Å². The van der Waals surface area contributed by atoms with Crippen LogP contribution in [0.25, 0.3) is 11.0 Å². The minimum Gasteiger partial charge on any atom is -0.468 e. The highest BCUT2D eigenvalue weighted by atomic mass is 32.2. The van der Waals surface area contributed by atoms with E-state index in [0.29, 0.717) is 11.0 Å². The molecule has 1 aromatic carbocycles. The molecule has 0 amide bonds. The van der Waals surface area contributed by atoms with Crippen molar-refractivity contribution in [2.45, 2.75) is 23.8 Å². The van der Waals surface area contributed by atoms with Crippen LogP contribution in [0.4, 0.5) is 0 Å². The SMILES string of the molecule is O=c1ccc2cc(S(=O)(=O)NCC(c3ccco3)N3CCCC3)ccc2o1. The van der Waals surface area contributed by atoms with E-state index in [-0.39, 0.29) is 17.5 Å². The summed E-state index contributed by atoms with van der Waals surface area (Å²) in [6, 6.07) is 10.8. The predicted octanol–water partition coefficient (Wildman–Crippen LogP) is 2.50. The molecule has 142 valence electrons. The monoisotopic (exact) mass is 388 g/mol. The zero-order chi connectivity index (χ0) is 18.9. The fourth-order valence-corrected chi connectivity index (χ4v) is 4.51. The van der Waals surface area contributed by atoms with Crippen LogP contribution in [0.1, 0.15) is 24.6 Å². The summed E-state index contributed by atoms with van der Waals surface area (Å²) in [5, 5.41) is 0.555. The summed E-state index contributed by atoms with van der Waals surface area (Å²) in [6.45, 7) is 2.06. The summed E-state index contributed by atoms with van der Waals surface area (Å²) in [4.78, 5) is 13.6. The van der Waals surface area contributed by atoms with Crippen molar-refractivity contribution in [3.05, 3.63) is 64.9 Å². The molecule has 4 rings (SSSR count). The Morgan fingerprint density at radius 3 is 2.67 bits per heavy atom. The lowest BCUT2D eigenvalue weighted by Crippen LogP contribution is -2.36. The van der Waals surface area contributed by atoms with Crippen LogP contribution in [0, 0.1) is 0 Å². The lowest BCUT2D eigenvalue weighted by Gasteiger charge is -2.26. The first-order valence-electron chi connectivity index (χ1n) is 8.84. The van der Waals surface area contributed by atoms with Gasteiger partial charge in [-0.2, -0.15) is 0 Å². The Morgan fingerprint density at radius 2 is 1.93 bits per heavy atom. The van der Waals surface area contributed by atoms with Gasteiger partial charge in [0.05, 0.1) is 17.2 Å². The quantitative estimate of drug-likeness (QED) is 0.652. The predicted molar refractivity (Wildman–Crippen MR) is 99.9 cm³/mol. The number of sulfonamides is 1. The van der Waals surface area contributed by atoms with Crippen LogP contribution in [0.2, 0.25) is 0 Å². The molecule has 7 nitrogen and oxygen atoms in total. The van der Waals surface area contributed by atoms with Crippen LogP contribution in [-0.2, 0) is 10.0 Å². The van der Waals surface area contributed by atoms with E-state index >= 15 is 0 Å². The van der Waals surface area contributed by atoms with Crippen molar-refractivity contribution in [2.75, 3.05) is 19.6 Å². The third-order valence-electron chi connectivity index (χ3n) is 4.82. The molecule has 2 aromatic heterocycles. The highest BCUT2D eigenvalue weighted by Gasteiger charge is 2.27. The highest BCUT2D eigenvalue weighted by molar-refractivity contribution is 7.89. The van der Waals surface area contributed by atoms with Gasteiger partial charge < -0.3 is 8.83 Å². The van der Waals surface area contributed by atoms with Gasteiger partial charge in [0.15, 0.2) is 0 Å². The van der Waals surface area contributed by atoms with Crippen molar-refractivity contribution >= 4 is 21.0 Å². The zero-order valence-corrected chi connectivity index (χ0v) is 15.4. The second-order valence-electron chi connectivity index (χ2n) is 6.58. The van der Waals surface area contributed by atoms with Gasteiger partial charge in [-0.3, -0.25) is 4.90 Å². The molecule has 0 aliphatic carbocycles. The number of hydrogen-bond acceptors (Lipinski definition) is 6. The van der Waals surface area contributed by atoms with E-state index in [2.05, 4.69) is 9.62 Å². The van der Waals surface area contributed by atoms with Crippen molar-refractivity contribution in [1.82, 2.24) is 9.62 Å². The van der Waals surface area contributed by atoms with E-state index in [0.717, 1.165) is 31.7 Å². The molecule has 1 unspecified atom stereocenters. The second-order valence-corrected chi connectivity index (χ2v) is 8.35. The lowest BCUT2D eigenvalue weighted by atomic mass is 10.2. The van der Waals surface area contributed by atoms with E-state index in [1.807, 2.05) is 12.1 Å². The smallest absolute Gasteiger partial charge is 0.336 e. The molecule has 1 N–H and O–H groups in total. The first-order valence-corrected chi connectivity index (χ1v) is 10.3. The summed E-state index contributed by atoms with van der Waals surface area (Å²) in [7, 11) is -3.72. The molecule has 1 aliphatic rings. The largest absolute Gasteiger partial charge is 0.468 e. The maximum absolute atomic E-state index is 12.8. The molecule has 1 fully saturated rings. The standard InChI is InChI=1S/C19H20N2O5S/c22-19-8-5-14-12-15(6-7-17(14)26-19)27(23,24)20-13-16(18-4-3-11-25-18)21-9-1-2-10-21/h3-8,11-12,16,20H,1-2,9-10,13H2. The molecular formula is C19H20N2O5S. The van der Waals surface area contributed by atoms with Crippen molar-refractivity contribution in [1.29, 1.82) is 0 Å². The maximum Gasteiger partial charge on any atom is 0.336 e. The van der Waals surface area contributed by atoms with Crippen LogP contribution in [0.5, 0.6) is 0 Å². The normalized spacial score (nSPS) is 16.7. The Kier molecular flexibility index (Phi) is 4.86. The van der Waals surface area contributed by atoms with Crippen molar-refractivity contribution < 1.29 is 17.3 Å². The average Bonchev–Trinajstić information content (AvgIpc) is 3.36. The topological polar surface area (TPSA) is 92.8 Å². The van der Waals surface area contributed by atoms with Crippen LogP contribution in [0.3, 0.4) is 0 Å². The molecule has 1 aliphatic heterocycles. The van der Waals surface area contributed by atoms with E-state index in [1.54, 1.807) is 12.3 Å². The van der Waals surface area contributed by atoms with Gasteiger partial charge >= 0.3 is 5.63 Å². The highest BCUT2D eigenvalue weighted by Crippen LogP contribution is 2.26. The first kappa shape index (κ1) is 18.0. The molecule has 0 spiro atoms. The molecule has 8 heteroatoms. The van der Waals surface area contributed by atoms with Gasteiger partial charge in [0.25, 0.3) is 0 Å². The molecule has 0 saturated carbocycles. The Labute approximate surface area is 156 Å². The van der Waals surface area contributed by atoms with Gasteiger partial charge in [-0.05, 0) is 62.3 Å². The third-order valence-corrected chi connectivity index (χ3v) is 6.24. The number of nitrogens with one attached hydrogen (secondary N) is 1. The van der Waals surface area contributed by atoms with Gasteiger partial charge in [-0.1, -0.05) is 0 Å². The lowest BCUT2D eigenvalue weighted by molar-refractivity contribution is 0.216. The summed E-state index contributed by atoms with van der Waals surface area (Å²) in [6.07, 6.45) is 3.80. The van der Waals surface area contributed by atoms with Crippen LogP contribution >= 0.6 is 0 Å². The Balaban J connectivity index is 1.56. The molecular weight excluding hydrogens is 368 g/mol. The minimum atomic E-state index is -3.72. The number of benzene rings is 1. The van der Waals surface area contributed by atoms with E-state index in [1.165, 1.54) is 24.3 Å². The first-order chi connectivity index (χ1) is 13.0. The van der Waals surface area contributed by atoms with Crippen LogP contribution < -0.4 is 10.3 Å². The fraction of sp³-hybridized carbons (Fsp3) is 0.316. The summed E-state index contributed by atoms with van der Waals surface area (Å²) >= 11 is 0. The van der Waals surface area contributed by atoms with E-state index < -0.39 is 15.6 Å². The molecule has 1 saturated heterocycles. The molecule has 27 heavy (non-hydrogen) atoms. The molecule has 3 heterocycles. The maximum atomic E-state index is 12.8. The van der Waals surface area contributed by atoms with Crippen molar-refractivity contribution in [2.24, 2.45) is 0 Å². The van der Waals surface area contributed by atoms with Gasteiger partial charge in [0, 0.05) is 18.0 Å². The Bertz CT molecular complexity index is 1080. The van der Waals surface area contributed by atoms with Crippen molar-refractivity contribution in [3.8, 4) is 0 Å². The van der Waals surface area contributed by atoms with Gasteiger partial charge in [0.1, 0.15) is 11.3 Å². The number of nitrogens with zero attached hydrogens (tertiary/aromatic N) is 1. The number of likely N-dealkylation sites (tertiary alicyclic amines) is 1. The van der Waals surface area contributed by atoms with Crippen molar-refractivity contribution in [3.63, 3.8) is 0 Å².